The van der Waals surface area contributed by atoms with Crippen molar-refractivity contribution >= 4 is 11.6 Å². The number of ether oxygens (including phenoxy) is 2. The van der Waals surface area contributed by atoms with Crippen molar-refractivity contribution in [2.75, 3.05) is 33.0 Å². The largest absolute Gasteiger partial charge is 0.396 e. The van der Waals surface area contributed by atoms with Crippen LogP contribution in [0.1, 0.15) is 61.3 Å². The van der Waals surface area contributed by atoms with E-state index >= 15 is 0 Å². The molecule has 0 saturated heterocycles. The van der Waals surface area contributed by atoms with Crippen molar-refractivity contribution < 1.29 is 24.2 Å². The van der Waals surface area contributed by atoms with Gasteiger partial charge in [0, 0.05) is 22.9 Å². The van der Waals surface area contributed by atoms with Gasteiger partial charge in [-0.05, 0) is 24.7 Å². The predicted octanol–water partition coefficient (Wildman–Crippen LogP) is 3.27. The first-order chi connectivity index (χ1) is 11.8. The third-order valence-electron chi connectivity index (χ3n) is 5.45. The van der Waals surface area contributed by atoms with Gasteiger partial charge in [0.1, 0.15) is 13.2 Å². The number of aliphatic hydroxyl groups is 1. The lowest BCUT2D eigenvalue weighted by atomic mass is 9.86. The zero-order chi connectivity index (χ0) is 20.2. The van der Waals surface area contributed by atoms with Gasteiger partial charge in [0.05, 0.1) is 13.2 Å². The Labute approximate surface area is 158 Å². The molecule has 5 heteroatoms. The lowest BCUT2D eigenvalue weighted by Gasteiger charge is -2.30. The van der Waals surface area contributed by atoms with Gasteiger partial charge in [0.2, 0.25) is 0 Å². The topological polar surface area (TPSA) is 72.8 Å². The highest BCUT2D eigenvalue weighted by molar-refractivity contribution is 5.85. The van der Waals surface area contributed by atoms with Crippen molar-refractivity contribution in [3.05, 3.63) is 0 Å². The van der Waals surface area contributed by atoms with E-state index in [0.717, 1.165) is 12.8 Å². The van der Waals surface area contributed by atoms with E-state index < -0.39 is 10.8 Å². The zero-order valence-corrected chi connectivity index (χ0v) is 17.7. The Morgan fingerprint density at radius 1 is 0.923 bits per heavy atom. The molecule has 1 N–H and O–H groups in total. The zero-order valence-electron chi connectivity index (χ0n) is 17.7. The molecule has 1 aliphatic rings. The normalized spacial score (nSPS) is 23.2. The molecule has 1 aliphatic carbocycles. The summed E-state index contributed by atoms with van der Waals surface area (Å²) in [6.45, 7) is 14.6. The molecule has 0 aromatic rings. The Bertz CT molecular complexity index is 452. The number of ketones is 2. The highest BCUT2D eigenvalue weighted by Gasteiger charge is 2.44. The van der Waals surface area contributed by atoms with Crippen LogP contribution in [0.3, 0.4) is 0 Å². The minimum Gasteiger partial charge on any atom is -0.396 e. The van der Waals surface area contributed by atoms with E-state index in [2.05, 4.69) is 6.92 Å². The Balaban J connectivity index is 2.67. The summed E-state index contributed by atoms with van der Waals surface area (Å²) in [4.78, 5) is 24.2. The van der Waals surface area contributed by atoms with Crippen molar-refractivity contribution in [3.8, 4) is 0 Å². The van der Waals surface area contributed by atoms with E-state index in [-0.39, 0.29) is 42.7 Å². The van der Waals surface area contributed by atoms with Gasteiger partial charge in [0.25, 0.3) is 0 Å². The van der Waals surface area contributed by atoms with Gasteiger partial charge in [-0.2, -0.15) is 0 Å². The van der Waals surface area contributed by atoms with Crippen LogP contribution >= 0.6 is 0 Å². The Morgan fingerprint density at radius 2 is 1.35 bits per heavy atom. The number of hydrogen-bond acceptors (Lipinski definition) is 5. The molecule has 1 saturated carbocycles. The van der Waals surface area contributed by atoms with E-state index in [9.17, 15) is 14.7 Å². The van der Waals surface area contributed by atoms with Gasteiger partial charge in [-0.3, -0.25) is 9.59 Å². The molecule has 1 fully saturated rings. The summed E-state index contributed by atoms with van der Waals surface area (Å²) in [5.74, 6) is 0.713. The first-order valence-corrected chi connectivity index (χ1v) is 9.64. The average molecular weight is 371 g/mol. The Hall–Kier alpha value is -0.780. The number of aliphatic hydroxyl groups excluding tert-OH is 1. The molecule has 1 rings (SSSR count). The molecule has 0 bridgehead atoms. The molecule has 152 valence electrons. The third kappa shape index (κ3) is 6.75. The third-order valence-corrected chi connectivity index (χ3v) is 5.45. The number of rotatable bonds is 9. The molecule has 0 amide bonds. The molecule has 0 radical (unpaired) electrons. The van der Waals surface area contributed by atoms with Gasteiger partial charge >= 0.3 is 0 Å². The average Bonchev–Trinajstić information content (AvgIpc) is 2.81. The number of Topliss-reactive ketones (excluding diaryl/α,β-unsaturated/α-hetero) is 2. The van der Waals surface area contributed by atoms with Crippen LogP contribution in [0.2, 0.25) is 0 Å². The second-order valence-electron chi connectivity index (χ2n) is 10.2. The Kier molecular flexibility index (Phi) is 8.00. The van der Waals surface area contributed by atoms with Crippen LogP contribution in [0, 0.1) is 28.1 Å². The van der Waals surface area contributed by atoms with Gasteiger partial charge in [-0.1, -0.05) is 48.5 Å². The molecular formula is C21H38O5. The molecule has 0 spiro atoms. The summed E-state index contributed by atoms with van der Waals surface area (Å²) < 4.78 is 11.6. The SMILES string of the molecule is C[C@H]1CC(COCC(=O)C(C)(C)C)(COCC(=O)C(C)(C)C)C[C@@H]1CO. The molecule has 0 heterocycles. The van der Waals surface area contributed by atoms with Crippen LogP contribution in [0.25, 0.3) is 0 Å². The molecule has 0 aromatic heterocycles. The number of hydrogen-bond donors (Lipinski definition) is 1. The summed E-state index contributed by atoms with van der Waals surface area (Å²) in [5.41, 5.74) is -1.08. The van der Waals surface area contributed by atoms with Gasteiger partial charge in [-0.25, -0.2) is 0 Å². The lowest BCUT2D eigenvalue weighted by molar-refractivity contribution is -0.135. The van der Waals surface area contributed by atoms with Crippen molar-refractivity contribution in [1.29, 1.82) is 0 Å². The minimum atomic E-state index is -0.417. The van der Waals surface area contributed by atoms with Crippen LogP contribution in [-0.4, -0.2) is 49.7 Å². The molecular weight excluding hydrogens is 332 g/mol. The summed E-state index contributed by atoms with van der Waals surface area (Å²) in [6.07, 6.45) is 1.66. The summed E-state index contributed by atoms with van der Waals surface area (Å²) in [5, 5.41) is 9.62. The molecule has 2 atom stereocenters. The molecule has 26 heavy (non-hydrogen) atoms. The van der Waals surface area contributed by atoms with Crippen LogP contribution < -0.4 is 0 Å². The van der Waals surface area contributed by atoms with Gasteiger partial charge < -0.3 is 14.6 Å². The summed E-state index contributed by atoms with van der Waals surface area (Å²) in [7, 11) is 0. The van der Waals surface area contributed by atoms with Crippen LogP contribution in [-0.2, 0) is 19.1 Å². The van der Waals surface area contributed by atoms with E-state index in [1.54, 1.807) is 0 Å². The van der Waals surface area contributed by atoms with Crippen molar-refractivity contribution in [3.63, 3.8) is 0 Å². The van der Waals surface area contributed by atoms with Gasteiger partial charge in [-0.15, -0.1) is 0 Å². The minimum absolute atomic E-state index is 0.0706. The second kappa shape index (κ2) is 8.94. The summed E-state index contributed by atoms with van der Waals surface area (Å²) in [6, 6.07) is 0. The monoisotopic (exact) mass is 370 g/mol. The standard InChI is InChI=1S/C21H38O5/c1-15-8-21(9-16(15)10-22,13-25-11-17(23)19(2,3)4)14-26-12-18(24)20(5,6)7/h15-16,22H,8-14H2,1-7H3/t15-,16+/m0/s1. The fourth-order valence-electron chi connectivity index (χ4n) is 3.37. The maximum Gasteiger partial charge on any atom is 0.163 e. The van der Waals surface area contributed by atoms with Crippen LogP contribution in [0.15, 0.2) is 0 Å². The van der Waals surface area contributed by atoms with Crippen LogP contribution in [0.4, 0.5) is 0 Å². The molecule has 5 nitrogen and oxygen atoms in total. The molecule has 0 unspecified atom stereocenters. The first kappa shape index (κ1) is 23.3. The molecule has 0 aromatic carbocycles. The van der Waals surface area contributed by atoms with Crippen LogP contribution in [0.5, 0.6) is 0 Å². The van der Waals surface area contributed by atoms with E-state index in [1.807, 2.05) is 41.5 Å². The highest BCUT2D eigenvalue weighted by atomic mass is 16.5. The molecule has 0 aliphatic heterocycles. The fraction of sp³-hybridized carbons (Fsp3) is 0.905. The predicted molar refractivity (Wildman–Crippen MR) is 102 cm³/mol. The van der Waals surface area contributed by atoms with Crippen molar-refractivity contribution in [1.82, 2.24) is 0 Å². The van der Waals surface area contributed by atoms with E-state index in [0.29, 0.717) is 19.1 Å². The lowest BCUT2D eigenvalue weighted by Crippen LogP contribution is -2.35. The van der Waals surface area contributed by atoms with Crippen molar-refractivity contribution in [2.24, 2.45) is 28.1 Å². The van der Waals surface area contributed by atoms with E-state index in [1.165, 1.54) is 0 Å². The fourth-order valence-corrected chi connectivity index (χ4v) is 3.37. The maximum absolute atomic E-state index is 12.1. The smallest absolute Gasteiger partial charge is 0.163 e. The maximum atomic E-state index is 12.1. The first-order valence-electron chi connectivity index (χ1n) is 9.64. The number of carbonyl (C=O) groups is 2. The quantitative estimate of drug-likeness (QED) is 0.674. The number of carbonyl (C=O) groups excluding carboxylic acids is 2. The van der Waals surface area contributed by atoms with E-state index in [4.69, 9.17) is 9.47 Å². The van der Waals surface area contributed by atoms with Crippen molar-refractivity contribution in [2.45, 2.75) is 61.3 Å². The van der Waals surface area contributed by atoms with Gasteiger partial charge in [0.15, 0.2) is 11.6 Å². The second-order valence-corrected chi connectivity index (χ2v) is 10.2. The Morgan fingerprint density at radius 3 is 1.65 bits per heavy atom. The highest BCUT2D eigenvalue weighted by Crippen LogP contribution is 2.46. The summed E-state index contributed by atoms with van der Waals surface area (Å²) >= 11 is 0.